The molecule has 0 saturated carbocycles. The van der Waals surface area contributed by atoms with Gasteiger partial charge in [-0.25, -0.2) is 0 Å². The predicted molar refractivity (Wildman–Crippen MR) is 76.4 cm³/mol. The minimum absolute atomic E-state index is 0.224. The SMILES string of the molecule is COc1c(C)c(C)cc2c1CCNC2C(C)(C)C. The average molecular weight is 247 g/mol. The lowest BCUT2D eigenvalue weighted by Crippen LogP contribution is -2.38. The Labute approximate surface area is 111 Å². The Morgan fingerprint density at radius 1 is 1.28 bits per heavy atom. The number of fused-ring (bicyclic) bond motifs is 1. The smallest absolute Gasteiger partial charge is 0.125 e. The van der Waals surface area contributed by atoms with E-state index in [1.54, 1.807) is 7.11 Å². The molecule has 0 saturated heterocycles. The fourth-order valence-corrected chi connectivity index (χ4v) is 2.98. The monoisotopic (exact) mass is 247 g/mol. The zero-order valence-corrected chi connectivity index (χ0v) is 12.5. The molecule has 0 aliphatic carbocycles. The quantitative estimate of drug-likeness (QED) is 0.819. The summed E-state index contributed by atoms with van der Waals surface area (Å²) in [5, 5.41) is 3.66. The molecule has 0 bridgehead atoms. The van der Waals surface area contributed by atoms with Gasteiger partial charge in [-0.15, -0.1) is 0 Å². The first-order valence-electron chi connectivity index (χ1n) is 6.76. The Hall–Kier alpha value is -1.02. The van der Waals surface area contributed by atoms with Crippen LogP contribution in [-0.2, 0) is 6.42 Å². The lowest BCUT2D eigenvalue weighted by atomic mass is 9.77. The van der Waals surface area contributed by atoms with E-state index < -0.39 is 0 Å². The average Bonchev–Trinajstić information content (AvgIpc) is 2.29. The van der Waals surface area contributed by atoms with Crippen molar-refractivity contribution in [2.75, 3.05) is 13.7 Å². The number of benzene rings is 1. The summed E-state index contributed by atoms with van der Waals surface area (Å²) >= 11 is 0. The minimum atomic E-state index is 0.224. The van der Waals surface area contributed by atoms with E-state index >= 15 is 0 Å². The number of methoxy groups -OCH3 is 1. The highest BCUT2D eigenvalue weighted by atomic mass is 16.5. The molecular weight excluding hydrogens is 222 g/mol. The van der Waals surface area contributed by atoms with Gasteiger partial charge in [-0.3, -0.25) is 0 Å². The standard InChI is InChI=1S/C16H25NO/c1-10-9-13-12(14(18-6)11(10)2)7-8-17-15(13)16(3,4)5/h9,15,17H,7-8H2,1-6H3. The van der Waals surface area contributed by atoms with Gasteiger partial charge in [0.1, 0.15) is 5.75 Å². The van der Waals surface area contributed by atoms with Crippen LogP contribution in [0, 0.1) is 19.3 Å². The lowest BCUT2D eigenvalue weighted by molar-refractivity contribution is 0.261. The second-order valence-electron chi connectivity index (χ2n) is 6.42. The predicted octanol–water partition coefficient (Wildman–Crippen LogP) is 3.54. The Morgan fingerprint density at radius 3 is 2.50 bits per heavy atom. The van der Waals surface area contributed by atoms with E-state index in [1.807, 2.05) is 0 Å². The van der Waals surface area contributed by atoms with E-state index in [4.69, 9.17) is 4.74 Å². The maximum atomic E-state index is 5.66. The highest BCUT2D eigenvalue weighted by Gasteiger charge is 2.32. The lowest BCUT2D eigenvalue weighted by Gasteiger charge is -2.38. The fourth-order valence-electron chi connectivity index (χ4n) is 2.98. The van der Waals surface area contributed by atoms with Crippen molar-refractivity contribution >= 4 is 0 Å². The minimum Gasteiger partial charge on any atom is -0.496 e. The number of ether oxygens (including phenoxy) is 1. The molecule has 0 aromatic heterocycles. The number of hydrogen-bond donors (Lipinski definition) is 1. The highest BCUT2D eigenvalue weighted by molar-refractivity contribution is 5.52. The molecule has 1 unspecified atom stereocenters. The fraction of sp³-hybridized carbons (Fsp3) is 0.625. The largest absolute Gasteiger partial charge is 0.496 e. The number of aryl methyl sites for hydroxylation is 1. The maximum absolute atomic E-state index is 5.66. The molecule has 0 amide bonds. The van der Waals surface area contributed by atoms with Gasteiger partial charge in [-0.2, -0.15) is 0 Å². The Morgan fingerprint density at radius 2 is 1.94 bits per heavy atom. The summed E-state index contributed by atoms with van der Waals surface area (Å²) in [7, 11) is 1.79. The van der Waals surface area contributed by atoms with Crippen LogP contribution in [0.4, 0.5) is 0 Å². The molecule has 1 N–H and O–H groups in total. The van der Waals surface area contributed by atoms with E-state index in [0.29, 0.717) is 6.04 Å². The summed E-state index contributed by atoms with van der Waals surface area (Å²) in [6.07, 6.45) is 1.06. The van der Waals surface area contributed by atoms with E-state index in [1.165, 1.54) is 22.3 Å². The van der Waals surface area contributed by atoms with Gasteiger partial charge in [-0.05, 0) is 48.9 Å². The Kier molecular flexibility index (Phi) is 3.41. The molecule has 1 aromatic carbocycles. The van der Waals surface area contributed by atoms with Crippen LogP contribution in [0.5, 0.6) is 5.75 Å². The van der Waals surface area contributed by atoms with Crippen LogP contribution < -0.4 is 10.1 Å². The van der Waals surface area contributed by atoms with Crippen molar-refractivity contribution in [3.05, 3.63) is 28.3 Å². The summed E-state index contributed by atoms with van der Waals surface area (Å²) in [5.74, 6) is 1.10. The first kappa shape index (κ1) is 13.4. The highest BCUT2D eigenvalue weighted by Crippen LogP contribution is 2.41. The molecule has 2 heteroatoms. The molecular formula is C16H25NO. The van der Waals surface area contributed by atoms with Crippen LogP contribution in [0.2, 0.25) is 0 Å². The first-order valence-corrected chi connectivity index (χ1v) is 6.76. The van der Waals surface area contributed by atoms with Crippen LogP contribution in [0.25, 0.3) is 0 Å². The van der Waals surface area contributed by atoms with E-state index in [0.717, 1.165) is 18.7 Å². The van der Waals surface area contributed by atoms with Crippen molar-refractivity contribution in [1.29, 1.82) is 0 Å². The van der Waals surface area contributed by atoms with Crippen molar-refractivity contribution in [3.8, 4) is 5.75 Å². The number of nitrogens with one attached hydrogen (secondary N) is 1. The first-order chi connectivity index (χ1) is 8.36. The van der Waals surface area contributed by atoms with Gasteiger partial charge in [0.05, 0.1) is 7.11 Å². The molecule has 0 radical (unpaired) electrons. The molecule has 100 valence electrons. The number of hydrogen-bond acceptors (Lipinski definition) is 2. The third-order valence-corrected chi connectivity index (χ3v) is 4.03. The Balaban J connectivity index is 2.62. The molecule has 1 aliphatic rings. The van der Waals surface area contributed by atoms with Crippen LogP contribution in [0.3, 0.4) is 0 Å². The molecule has 2 nitrogen and oxygen atoms in total. The maximum Gasteiger partial charge on any atom is 0.125 e. The summed E-state index contributed by atoms with van der Waals surface area (Å²) in [6, 6.07) is 2.75. The van der Waals surface area contributed by atoms with Gasteiger partial charge in [-0.1, -0.05) is 26.8 Å². The second-order valence-corrected chi connectivity index (χ2v) is 6.42. The summed E-state index contributed by atoms with van der Waals surface area (Å²) in [6.45, 7) is 12.2. The van der Waals surface area contributed by atoms with Crippen LogP contribution >= 0.6 is 0 Å². The molecule has 0 spiro atoms. The number of rotatable bonds is 1. The normalized spacial score (nSPS) is 19.6. The zero-order valence-electron chi connectivity index (χ0n) is 12.5. The molecule has 1 atom stereocenters. The summed E-state index contributed by atoms with van der Waals surface area (Å²) in [4.78, 5) is 0. The zero-order chi connectivity index (χ0) is 13.5. The second kappa shape index (κ2) is 4.58. The van der Waals surface area contributed by atoms with Gasteiger partial charge in [0.25, 0.3) is 0 Å². The summed E-state index contributed by atoms with van der Waals surface area (Å²) in [5.41, 5.74) is 5.66. The van der Waals surface area contributed by atoms with E-state index in [-0.39, 0.29) is 5.41 Å². The van der Waals surface area contributed by atoms with Crippen molar-refractivity contribution < 1.29 is 4.74 Å². The molecule has 18 heavy (non-hydrogen) atoms. The van der Waals surface area contributed by atoms with Crippen LogP contribution in [0.1, 0.15) is 49.1 Å². The molecule has 1 aliphatic heterocycles. The van der Waals surface area contributed by atoms with Gasteiger partial charge >= 0.3 is 0 Å². The topological polar surface area (TPSA) is 21.3 Å². The van der Waals surface area contributed by atoms with Gasteiger partial charge in [0.15, 0.2) is 0 Å². The molecule has 1 aromatic rings. The van der Waals surface area contributed by atoms with Gasteiger partial charge in [0.2, 0.25) is 0 Å². The van der Waals surface area contributed by atoms with E-state index in [9.17, 15) is 0 Å². The third kappa shape index (κ3) is 2.14. The van der Waals surface area contributed by atoms with Crippen LogP contribution in [0.15, 0.2) is 6.07 Å². The van der Waals surface area contributed by atoms with Crippen molar-refractivity contribution in [1.82, 2.24) is 5.32 Å². The van der Waals surface area contributed by atoms with Crippen molar-refractivity contribution in [2.24, 2.45) is 5.41 Å². The molecule has 2 rings (SSSR count). The van der Waals surface area contributed by atoms with Gasteiger partial charge < -0.3 is 10.1 Å². The molecule has 1 heterocycles. The van der Waals surface area contributed by atoms with Crippen molar-refractivity contribution in [2.45, 2.75) is 47.1 Å². The van der Waals surface area contributed by atoms with Gasteiger partial charge in [0, 0.05) is 11.6 Å². The third-order valence-electron chi connectivity index (χ3n) is 4.03. The van der Waals surface area contributed by atoms with Crippen LogP contribution in [-0.4, -0.2) is 13.7 Å². The van der Waals surface area contributed by atoms with E-state index in [2.05, 4.69) is 46.0 Å². The molecule has 0 fully saturated rings. The summed E-state index contributed by atoms with van der Waals surface area (Å²) < 4.78 is 5.66. The van der Waals surface area contributed by atoms with Crippen molar-refractivity contribution in [3.63, 3.8) is 0 Å². The Bertz CT molecular complexity index is 457.